The number of rotatable bonds is 6. The summed E-state index contributed by atoms with van der Waals surface area (Å²) in [4.78, 5) is 16.6. The molecule has 1 aromatic heterocycles. The predicted molar refractivity (Wildman–Crippen MR) is 107 cm³/mol. The zero-order chi connectivity index (χ0) is 17.9. The van der Waals surface area contributed by atoms with Gasteiger partial charge in [-0.25, -0.2) is 0 Å². The van der Waals surface area contributed by atoms with Crippen molar-refractivity contribution in [1.29, 1.82) is 0 Å². The Morgan fingerprint density at radius 2 is 2.00 bits per heavy atom. The second-order valence-corrected chi connectivity index (χ2v) is 8.02. The molecule has 8 heteroatoms. The van der Waals surface area contributed by atoms with E-state index >= 15 is 0 Å². The summed E-state index contributed by atoms with van der Waals surface area (Å²) in [5.41, 5.74) is 7.87. The Kier molecular flexibility index (Phi) is 7.08. The Morgan fingerprint density at radius 1 is 1.35 bits per heavy atom. The molecule has 1 amide bonds. The molecule has 1 atom stereocenters. The van der Waals surface area contributed by atoms with Crippen LogP contribution in [0.2, 0.25) is 0 Å². The topological polar surface area (TPSA) is 94.0 Å². The molecular weight excluding hydrogens is 372 g/mol. The molecule has 0 radical (unpaired) electrons. The number of nitrogens with two attached hydrogens (primary N) is 1. The Balaban J connectivity index is 0.00000243. The van der Waals surface area contributed by atoms with Crippen molar-refractivity contribution in [3.63, 3.8) is 0 Å². The lowest BCUT2D eigenvalue weighted by Gasteiger charge is -2.17. The monoisotopic (exact) mass is 396 g/mol. The van der Waals surface area contributed by atoms with Crippen molar-refractivity contribution in [3.05, 3.63) is 41.5 Å². The number of aryl methyl sites for hydroxylation is 1. The molecule has 2 aromatic rings. The Morgan fingerprint density at radius 3 is 2.65 bits per heavy atom. The van der Waals surface area contributed by atoms with Crippen molar-refractivity contribution >= 4 is 35.8 Å². The van der Waals surface area contributed by atoms with Crippen LogP contribution in [0.15, 0.2) is 28.8 Å². The molecule has 1 saturated carbocycles. The van der Waals surface area contributed by atoms with Crippen LogP contribution in [-0.4, -0.2) is 21.8 Å². The first-order valence-corrected chi connectivity index (χ1v) is 9.62. The number of hydrogen-bond acceptors (Lipinski definition) is 6. The molecule has 3 rings (SSSR count). The van der Waals surface area contributed by atoms with Crippen molar-refractivity contribution < 1.29 is 9.32 Å². The van der Waals surface area contributed by atoms with Gasteiger partial charge in [-0.15, -0.1) is 24.2 Å². The summed E-state index contributed by atoms with van der Waals surface area (Å²) < 4.78 is 5.37. The first-order valence-electron chi connectivity index (χ1n) is 8.57. The Bertz CT molecular complexity index is 729. The van der Waals surface area contributed by atoms with Gasteiger partial charge in [0.05, 0.1) is 16.5 Å². The SMILES string of the molecule is Cc1ccc(NC(=O)CSC(C)c2nc(C3(N)CCCC3)no2)cc1.Cl. The molecule has 1 aliphatic rings. The highest BCUT2D eigenvalue weighted by Gasteiger charge is 2.36. The molecule has 0 aliphatic heterocycles. The maximum absolute atomic E-state index is 12.1. The van der Waals surface area contributed by atoms with Crippen LogP contribution in [0.25, 0.3) is 0 Å². The van der Waals surface area contributed by atoms with Crippen LogP contribution in [0.3, 0.4) is 0 Å². The van der Waals surface area contributed by atoms with Gasteiger partial charge in [-0.05, 0) is 38.8 Å². The van der Waals surface area contributed by atoms with E-state index in [2.05, 4.69) is 15.5 Å². The maximum Gasteiger partial charge on any atom is 0.239 e. The highest BCUT2D eigenvalue weighted by Crippen LogP contribution is 2.36. The van der Waals surface area contributed by atoms with Gasteiger partial charge in [0.25, 0.3) is 0 Å². The van der Waals surface area contributed by atoms with Crippen molar-refractivity contribution in [2.45, 2.75) is 50.3 Å². The van der Waals surface area contributed by atoms with Crippen molar-refractivity contribution in [3.8, 4) is 0 Å². The molecule has 142 valence electrons. The highest BCUT2D eigenvalue weighted by molar-refractivity contribution is 8.00. The fourth-order valence-corrected chi connectivity index (χ4v) is 3.65. The quantitative estimate of drug-likeness (QED) is 0.767. The normalized spacial score (nSPS) is 16.7. The summed E-state index contributed by atoms with van der Waals surface area (Å²) in [7, 11) is 0. The van der Waals surface area contributed by atoms with Crippen LogP contribution in [-0.2, 0) is 10.3 Å². The molecule has 6 nitrogen and oxygen atoms in total. The molecule has 1 heterocycles. The van der Waals surface area contributed by atoms with Gasteiger partial charge in [0.2, 0.25) is 11.8 Å². The third-order valence-corrected chi connectivity index (χ3v) is 5.66. The van der Waals surface area contributed by atoms with Gasteiger partial charge < -0.3 is 15.6 Å². The van der Waals surface area contributed by atoms with Crippen LogP contribution in [0, 0.1) is 6.92 Å². The molecular formula is C18H25ClN4O2S. The van der Waals surface area contributed by atoms with Crippen LogP contribution in [0.5, 0.6) is 0 Å². The van der Waals surface area contributed by atoms with Crippen LogP contribution in [0.4, 0.5) is 5.69 Å². The van der Waals surface area contributed by atoms with Gasteiger partial charge in [0, 0.05) is 5.69 Å². The standard InChI is InChI=1S/C18H24N4O2S.ClH/c1-12-5-7-14(8-6-12)20-15(23)11-25-13(2)16-21-17(22-24-16)18(19)9-3-4-10-18;/h5-8,13H,3-4,9-11,19H2,1-2H3,(H,20,23);1H. The van der Waals surface area contributed by atoms with E-state index < -0.39 is 5.54 Å². The molecule has 3 N–H and O–H groups in total. The molecule has 1 unspecified atom stereocenters. The van der Waals surface area contributed by atoms with Crippen molar-refractivity contribution in [2.24, 2.45) is 5.73 Å². The van der Waals surface area contributed by atoms with Crippen molar-refractivity contribution in [2.75, 3.05) is 11.1 Å². The zero-order valence-corrected chi connectivity index (χ0v) is 16.7. The van der Waals surface area contributed by atoms with Gasteiger partial charge in [-0.2, -0.15) is 4.98 Å². The minimum atomic E-state index is -0.449. The third-order valence-electron chi connectivity index (χ3n) is 4.53. The van der Waals surface area contributed by atoms with Gasteiger partial charge >= 0.3 is 0 Å². The van der Waals surface area contributed by atoms with E-state index in [9.17, 15) is 4.79 Å². The Labute approximate surface area is 164 Å². The second-order valence-electron chi connectivity index (χ2n) is 6.69. The number of carbonyl (C=O) groups excluding carboxylic acids is 1. The molecule has 0 bridgehead atoms. The number of benzene rings is 1. The van der Waals surface area contributed by atoms with Crippen LogP contribution >= 0.6 is 24.2 Å². The lowest BCUT2D eigenvalue weighted by molar-refractivity contribution is -0.113. The molecule has 1 fully saturated rings. The van der Waals surface area contributed by atoms with Crippen molar-refractivity contribution in [1.82, 2.24) is 10.1 Å². The highest BCUT2D eigenvalue weighted by atomic mass is 35.5. The number of nitrogens with one attached hydrogen (secondary N) is 1. The summed E-state index contributed by atoms with van der Waals surface area (Å²) in [6.07, 6.45) is 3.99. The van der Waals surface area contributed by atoms with E-state index in [-0.39, 0.29) is 23.6 Å². The molecule has 26 heavy (non-hydrogen) atoms. The summed E-state index contributed by atoms with van der Waals surface area (Å²) in [5, 5.41) is 6.89. The average Bonchev–Trinajstić information content (AvgIpc) is 3.25. The zero-order valence-electron chi connectivity index (χ0n) is 15.0. The van der Waals surface area contributed by atoms with E-state index in [0.717, 1.165) is 36.9 Å². The van der Waals surface area contributed by atoms with Gasteiger partial charge in [0.15, 0.2) is 5.82 Å². The largest absolute Gasteiger partial charge is 0.338 e. The lowest BCUT2D eigenvalue weighted by atomic mass is 9.99. The molecule has 1 aromatic carbocycles. The number of aromatic nitrogens is 2. The summed E-state index contributed by atoms with van der Waals surface area (Å²) in [6, 6.07) is 7.73. The minimum Gasteiger partial charge on any atom is -0.338 e. The number of halogens is 1. The fraction of sp³-hybridized carbons (Fsp3) is 0.500. The maximum atomic E-state index is 12.1. The predicted octanol–water partition coefficient (Wildman–Crippen LogP) is 3.96. The Hall–Kier alpha value is -1.57. The summed E-state index contributed by atoms with van der Waals surface area (Å²) in [6.45, 7) is 3.97. The van der Waals surface area contributed by atoms with Gasteiger partial charge in [-0.1, -0.05) is 35.7 Å². The fourth-order valence-electron chi connectivity index (χ4n) is 2.94. The average molecular weight is 397 g/mol. The number of thioether (sulfide) groups is 1. The number of amides is 1. The van der Waals surface area contributed by atoms with E-state index in [1.165, 1.54) is 11.8 Å². The summed E-state index contributed by atoms with van der Waals surface area (Å²) in [5.74, 6) is 1.39. The lowest BCUT2D eigenvalue weighted by Crippen LogP contribution is -2.34. The van der Waals surface area contributed by atoms with Crippen LogP contribution < -0.4 is 11.1 Å². The smallest absolute Gasteiger partial charge is 0.239 e. The second kappa shape index (κ2) is 8.88. The van der Waals surface area contributed by atoms with E-state index in [1.807, 2.05) is 38.1 Å². The molecule has 0 spiro atoms. The molecule has 1 aliphatic carbocycles. The number of hydrogen-bond donors (Lipinski definition) is 2. The first kappa shape index (κ1) is 20.7. The van der Waals surface area contributed by atoms with Crippen LogP contribution in [0.1, 0.15) is 55.1 Å². The minimum absolute atomic E-state index is 0. The van der Waals surface area contributed by atoms with Gasteiger partial charge in [0.1, 0.15) is 0 Å². The number of anilines is 1. The molecule has 0 saturated heterocycles. The number of nitrogens with zero attached hydrogens (tertiary/aromatic N) is 2. The van der Waals surface area contributed by atoms with E-state index in [1.54, 1.807) is 0 Å². The summed E-state index contributed by atoms with van der Waals surface area (Å²) >= 11 is 1.47. The van der Waals surface area contributed by atoms with E-state index in [4.69, 9.17) is 10.3 Å². The number of carbonyl (C=O) groups is 1. The van der Waals surface area contributed by atoms with E-state index in [0.29, 0.717) is 17.5 Å². The first-order chi connectivity index (χ1) is 12.0. The third kappa shape index (κ3) is 4.99. The van der Waals surface area contributed by atoms with Gasteiger partial charge in [-0.3, -0.25) is 4.79 Å².